The van der Waals surface area contributed by atoms with Gasteiger partial charge in [-0.15, -0.1) is 0 Å². The maximum Gasteiger partial charge on any atom is 0.136 e. The van der Waals surface area contributed by atoms with Gasteiger partial charge in [0, 0.05) is 70.2 Å². The summed E-state index contributed by atoms with van der Waals surface area (Å²) in [4.78, 5) is 9.10. The zero-order valence-electron chi connectivity index (χ0n) is 85.9. The molecular formula is C116H168O8S4. The molecule has 0 fully saturated rings. The Hall–Kier alpha value is -6.44. The van der Waals surface area contributed by atoms with Crippen LogP contribution in [0.2, 0.25) is 0 Å². The van der Waals surface area contributed by atoms with E-state index in [-0.39, 0.29) is 43.3 Å². The zero-order chi connectivity index (χ0) is 94.1. The molecule has 12 heteroatoms. The van der Waals surface area contributed by atoms with E-state index in [0.717, 1.165) is 188 Å². The highest BCUT2D eigenvalue weighted by Crippen LogP contribution is 2.56. The molecular weight excluding hydrogens is 1650 g/mol. The summed E-state index contributed by atoms with van der Waals surface area (Å²) in [6, 6.07) is 38.6. The molecule has 0 saturated heterocycles. The van der Waals surface area contributed by atoms with E-state index in [1.165, 1.54) is 89.0 Å². The number of ether oxygens (including phenoxy) is 8. The van der Waals surface area contributed by atoms with Gasteiger partial charge in [-0.05, 0) is 188 Å². The molecule has 8 nitrogen and oxygen atoms in total. The van der Waals surface area contributed by atoms with Gasteiger partial charge in [0.1, 0.15) is 46.0 Å². The van der Waals surface area contributed by atoms with Gasteiger partial charge >= 0.3 is 0 Å². The quantitative estimate of drug-likeness (QED) is 0.0377. The molecule has 2 heterocycles. The SMILES string of the molecule is CCCCOc1c2cc(C(C)(C)C)cc1Sc1cc(C(C)(C)C)cc(c1OCCCC)Cc1cc(C(C)(C)C)cc(c1OCCCC)Sc1cc(C(C)(C)C)cc(c1OCCCC)C2.CCCCOc1c2cc(C(C)(C)C)cc1Sc1cc(C(C)(C)C)cc(c1OCCCC)Cc1cc(C(C)(C)C)cc(c1OCCCC)Sc1cc(C(C)(C)C)cc(c1OCCCC)C2. The van der Waals surface area contributed by atoms with Crippen molar-refractivity contribution < 1.29 is 37.9 Å². The summed E-state index contributed by atoms with van der Waals surface area (Å²) >= 11 is 7.29. The van der Waals surface area contributed by atoms with Crippen LogP contribution in [0.1, 0.15) is 413 Å². The normalized spacial score (nSPS) is 13.5. The van der Waals surface area contributed by atoms with Crippen molar-refractivity contribution in [3.63, 3.8) is 0 Å². The fourth-order valence-corrected chi connectivity index (χ4v) is 20.3. The number of benzene rings is 8. The minimum atomic E-state index is -0.0951. The third-order valence-corrected chi connectivity index (χ3v) is 28.5. The van der Waals surface area contributed by atoms with Gasteiger partial charge in [-0.3, -0.25) is 0 Å². The van der Waals surface area contributed by atoms with Crippen molar-refractivity contribution in [2.75, 3.05) is 52.9 Å². The molecule has 8 aromatic rings. The first-order valence-electron chi connectivity index (χ1n) is 49.3. The van der Waals surface area contributed by atoms with E-state index in [4.69, 9.17) is 37.9 Å². The second-order valence-corrected chi connectivity index (χ2v) is 48.8. The van der Waals surface area contributed by atoms with Gasteiger partial charge in [-0.25, -0.2) is 0 Å². The Morgan fingerprint density at radius 2 is 0.273 bits per heavy atom. The Morgan fingerprint density at radius 1 is 0.172 bits per heavy atom. The van der Waals surface area contributed by atoms with Gasteiger partial charge in [0.2, 0.25) is 0 Å². The topological polar surface area (TPSA) is 73.8 Å². The maximum absolute atomic E-state index is 7.05. The summed E-state index contributed by atoms with van der Waals surface area (Å²) in [5.41, 5.74) is 19.2. The lowest BCUT2D eigenvalue weighted by Gasteiger charge is -2.29. The predicted octanol–water partition coefficient (Wildman–Crippen LogP) is 34.8. The van der Waals surface area contributed by atoms with Crippen molar-refractivity contribution in [3.8, 4) is 46.0 Å². The first-order chi connectivity index (χ1) is 60.2. The summed E-state index contributed by atoms with van der Waals surface area (Å²) in [6.07, 6.45) is 19.1. The van der Waals surface area contributed by atoms with E-state index in [2.05, 4.69) is 319 Å². The lowest BCUT2D eigenvalue weighted by atomic mass is 9.83. The fraction of sp³-hybridized carbons (Fsp3) is 0.586. The largest absolute Gasteiger partial charge is 0.492 e. The van der Waals surface area contributed by atoms with E-state index >= 15 is 0 Å². The zero-order valence-corrected chi connectivity index (χ0v) is 89.2. The molecule has 2 aliphatic rings. The molecule has 0 radical (unpaired) electrons. The molecule has 0 spiro atoms. The van der Waals surface area contributed by atoms with Crippen LogP contribution in [0.15, 0.2) is 136 Å². The van der Waals surface area contributed by atoms with Crippen molar-refractivity contribution in [1.82, 2.24) is 0 Å². The number of rotatable bonds is 32. The highest BCUT2D eigenvalue weighted by Gasteiger charge is 2.35. The first kappa shape index (κ1) is 105. The van der Waals surface area contributed by atoms with E-state index in [1.54, 1.807) is 0 Å². The number of hydrogen-bond donors (Lipinski definition) is 0. The fourth-order valence-electron chi connectivity index (χ4n) is 15.6. The highest BCUT2D eigenvalue weighted by molar-refractivity contribution is 8.00. The van der Waals surface area contributed by atoms with Crippen molar-refractivity contribution >= 4 is 47.0 Å². The minimum absolute atomic E-state index is 0.0951. The minimum Gasteiger partial charge on any atom is -0.492 e. The number of fused-ring (bicyclic) bond motifs is 16. The third-order valence-electron chi connectivity index (χ3n) is 24.3. The van der Waals surface area contributed by atoms with Crippen LogP contribution in [-0.2, 0) is 69.0 Å². The van der Waals surface area contributed by atoms with Crippen LogP contribution in [0.25, 0.3) is 0 Å². The van der Waals surface area contributed by atoms with Gasteiger partial charge in [0.25, 0.3) is 0 Å². The summed E-state index contributed by atoms with van der Waals surface area (Å²) in [5, 5.41) is 0. The van der Waals surface area contributed by atoms with Crippen LogP contribution < -0.4 is 37.9 Å². The van der Waals surface area contributed by atoms with Gasteiger partial charge in [-0.1, -0.05) is 369 Å². The molecule has 704 valence electrons. The van der Waals surface area contributed by atoms with E-state index < -0.39 is 0 Å². The molecule has 0 aromatic heterocycles. The standard InChI is InChI=1S/2C58H84O4S2/c2*1-17-21-25-59-51-39-29-40-32-44(56(8,9)10)37-49(52(40)60-26-22-18-2)64-50-38-46(58(14,15)16)34-42(54(50)62-28-24-20-4)30-41-33-45(57(11,12)13)36-48(53(41)61-27-23-19-3)63-47(51)35-43(31-39)55(5,6)7/h2*31-38H,17-30H2,1-16H3. The average Bonchev–Trinajstić information content (AvgIpc) is 0.760. The second-order valence-electron chi connectivity index (χ2n) is 44.4. The molecule has 10 rings (SSSR count). The molecule has 0 atom stereocenters. The van der Waals surface area contributed by atoms with E-state index in [0.29, 0.717) is 78.5 Å². The lowest BCUT2D eigenvalue weighted by molar-refractivity contribution is 0.294. The number of hydrogen-bond acceptors (Lipinski definition) is 12. The van der Waals surface area contributed by atoms with Crippen LogP contribution >= 0.6 is 47.0 Å². The Kier molecular flexibility index (Phi) is 37.8. The molecule has 0 aliphatic carbocycles. The van der Waals surface area contributed by atoms with Crippen molar-refractivity contribution in [3.05, 3.63) is 186 Å². The molecule has 2 aliphatic heterocycles. The van der Waals surface area contributed by atoms with Gasteiger partial charge in [0.15, 0.2) is 0 Å². The van der Waals surface area contributed by atoms with Gasteiger partial charge in [0.05, 0.1) is 92.0 Å². The molecule has 0 amide bonds. The molecule has 16 bridgehead atoms. The monoisotopic (exact) mass is 1820 g/mol. The molecule has 8 aromatic carbocycles. The van der Waals surface area contributed by atoms with Crippen molar-refractivity contribution in [1.29, 1.82) is 0 Å². The van der Waals surface area contributed by atoms with Crippen LogP contribution in [0.3, 0.4) is 0 Å². The van der Waals surface area contributed by atoms with Gasteiger partial charge < -0.3 is 37.9 Å². The van der Waals surface area contributed by atoms with Crippen molar-refractivity contribution in [2.45, 2.75) is 432 Å². The Labute approximate surface area is 796 Å². The van der Waals surface area contributed by atoms with Crippen LogP contribution in [0.5, 0.6) is 46.0 Å². The van der Waals surface area contributed by atoms with Crippen molar-refractivity contribution in [2.24, 2.45) is 0 Å². The molecule has 128 heavy (non-hydrogen) atoms. The Morgan fingerprint density at radius 3 is 0.359 bits per heavy atom. The highest BCUT2D eigenvalue weighted by atomic mass is 32.2. The summed E-state index contributed by atoms with van der Waals surface area (Å²) in [7, 11) is 0. The second kappa shape index (κ2) is 46.0. The van der Waals surface area contributed by atoms with Crippen LogP contribution in [-0.4, -0.2) is 52.9 Å². The van der Waals surface area contributed by atoms with E-state index in [9.17, 15) is 0 Å². The molecule has 0 unspecified atom stereocenters. The average molecular weight is 1820 g/mol. The molecule has 0 N–H and O–H groups in total. The smallest absolute Gasteiger partial charge is 0.136 e. The van der Waals surface area contributed by atoms with Gasteiger partial charge in [-0.2, -0.15) is 0 Å². The Bertz CT molecular complexity index is 3850. The Balaban J connectivity index is 0.000000289. The van der Waals surface area contributed by atoms with Crippen LogP contribution in [0, 0.1) is 0 Å². The maximum atomic E-state index is 7.05. The first-order valence-corrected chi connectivity index (χ1v) is 52.6. The third kappa shape index (κ3) is 28.8. The predicted molar refractivity (Wildman–Crippen MR) is 552 cm³/mol. The summed E-state index contributed by atoms with van der Waals surface area (Å²) in [5.74, 6) is 7.79. The summed E-state index contributed by atoms with van der Waals surface area (Å²) in [6.45, 7) is 79.1. The van der Waals surface area contributed by atoms with E-state index in [1.807, 2.05) is 47.0 Å². The number of unbranched alkanes of at least 4 members (excludes halogenated alkanes) is 8. The summed E-state index contributed by atoms with van der Waals surface area (Å²) < 4.78 is 56.4. The lowest BCUT2D eigenvalue weighted by Crippen LogP contribution is -2.16. The molecule has 0 saturated carbocycles. The van der Waals surface area contributed by atoms with Crippen LogP contribution in [0.4, 0.5) is 0 Å².